The number of rotatable bonds is 6. The lowest BCUT2D eigenvalue weighted by molar-refractivity contribution is -0.0446. The van der Waals surface area contributed by atoms with Gasteiger partial charge in [0.1, 0.15) is 0 Å². The second-order valence-electron chi connectivity index (χ2n) is 5.37. The Hall–Kier alpha value is -0.210. The van der Waals surface area contributed by atoms with Crippen LogP contribution < -0.4 is 10.5 Å². The first kappa shape index (κ1) is 16.8. The summed E-state index contributed by atoms with van der Waals surface area (Å²) in [4.78, 5) is 0. The summed E-state index contributed by atoms with van der Waals surface area (Å²) < 4.78 is 34.8. The number of hydrogen-bond donors (Lipinski definition) is 2. The van der Waals surface area contributed by atoms with Crippen LogP contribution in [0.25, 0.3) is 0 Å². The van der Waals surface area contributed by atoms with E-state index in [1.54, 1.807) is 0 Å². The summed E-state index contributed by atoms with van der Waals surface area (Å²) in [6.07, 6.45) is 1.18. The van der Waals surface area contributed by atoms with Crippen molar-refractivity contribution in [2.75, 3.05) is 19.6 Å². The minimum Gasteiger partial charge on any atom is -0.373 e. The molecule has 114 valence electrons. The Morgan fingerprint density at radius 1 is 1.26 bits per heavy atom. The molecule has 1 rings (SSSR count). The maximum atomic E-state index is 12.5. The van der Waals surface area contributed by atoms with E-state index in [1.807, 2.05) is 27.7 Å². The van der Waals surface area contributed by atoms with Gasteiger partial charge in [0.15, 0.2) is 0 Å². The minimum absolute atomic E-state index is 0.0872. The zero-order valence-electron chi connectivity index (χ0n) is 12.3. The molecule has 0 aliphatic carbocycles. The molecular formula is C12H27N3O3S. The van der Waals surface area contributed by atoms with Crippen LogP contribution in [-0.2, 0) is 14.9 Å². The van der Waals surface area contributed by atoms with E-state index in [0.717, 1.165) is 0 Å². The first-order valence-electron chi connectivity index (χ1n) is 6.93. The molecule has 6 nitrogen and oxygen atoms in total. The van der Waals surface area contributed by atoms with Crippen LogP contribution in [0.1, 0.15) is 40.5 Å². The molecule has 1 aliphatic rings. The van der Waals surface area contributed by atoms with Gasteiger partial charge in [0.05, 0.1) is 12.2 Å². The molecule has 0 radical (unpaired) electrons. The summed E-state index contributed by atoms with van der Waals surface area (Å²) >= 11 is 0. The highest BCUT2D eigenvalue weighted by atomic mass is 32.2. The predicted molar refractivity (Wildman–Crippen MR) is 76.0 cm³/mol. The Morgan fingerprint density at radius 2 is 1.74 bits per heavy atom. The van der Waals surface area contributed by atoms with Crippen molar-refractivity contribution in [2.24, 2.45) is 5.73 Å². The van der Waals surface area contributed by atoms with E-state index in [9.17, 15) is 8.42 Å². The molecule has 0 aromatic carbocycles. The normalized spacial score (nSPS) is 26.6. The predicted octanol–water partition coefficient (Wildman–Crippen LogP) is 0.448. The standard InChI is InChI=1S/C12H27N3O3S/c1-5-12(6-2,9-13)14-19(16,17)15-7-10(3)18-11(4)8-15/h10-11,14H,5-9,13H2,1-4H3. The Bertz CT molecular complexity index is 363. The average Bonchev–Trinajstić information content (AvgIpc) is 2.35. The number of morpholine rings is 1. The smallest absolute Gasteiger partial charge is 0.280 e. The maximum Gasteiger partial charge on any atom is 0.280 e. The lowest BCUT2D eigenvalue weighted by atomic mass is 9.95. The van der Waals surface area contributed by atoms with Crippen LogP contribution in [-0.4, -0.2) is 50.1 Å². The van der Waals surface area contributed by atoms with Crippen molar-refractivity contribution in [1.29, 1.82) is 0 Å². The lowest BCUT2D eigenvalue weighted by Gasteiger charge is -2.38. The molecule has 2 atom stereocenters. The highest BCUT2D eigenvalue weighted by molar-refractivity contribution is 7.87. The molecule has 1 fully saturated rings. The van der Waals surface area contributed by atoms with Crippen LogP contribution in [0.4, 0.5) is 0 Å². The van der Waals surface area contributed by atoms with Gasteiger partial charge in [0, 0.05) is 25.2 Å². The van der Waals surface area contributed by atoms with Crippen molar-refractivity contribution < 1.29 is 13.2 Å². The molecule has 19 heavy (non-hydrogen) atoms. The summed E-state index contributed by atoms with van der Waals surface area (Å²) in [6.45, 7) is 8.73. The van der Waals surface area contributed by atoms with Crippen LogP contribution in [0.15, 0.2) is 0 Å². The fraction of sp³-hybridized carbons (Fsp3) is 1.00. The third kappa shape index (κ3) is 4.13. The van der Waals surface area contributed by atoms with Gasteiger partial charge >= 0.3 is 0 Å². The molecule has 0 aromatic heterocycles. The summed E-state index contributed by atoms with van der Waals surface area (Å²) in [7, 11) is -3.52. The van der Waals surface area contributed by atoms with Crippen LogP contribution in [0.3, 0.4) is 0 Å². The van der Waals surface area contributed by atoms with Crippen LogP contribution in [0.2, 0.25) is 0 Å². The van der Waals surface area contributed by atoms with Gasteiger partial charge in [0.2, 0.25) is 0 Å². The quantitative estimate of drug-likeness (QED) is 0.744. The van der Waals surface area contributed by atoms with Crippen LogP contribution >= 0.6 is 0 Å². The van der Waals surface area contributed by atoms with Crippen molar-refractivity contribution >= 4 is 10.2 Å². The maximum absolute atomic E-state index is 12.5. The molecule has 3 N–H and O–H groups in total. The van der Waals surface area contributed by atoms with Crippen LogP contribution in [0.5, 0.6) is 0 Å². The van der Waals surface area contributed by atoms with E-state index in [4.69, 9.17) is 10.5 Å². The van der Waals surface area contributed by atoms with E-state index in [1.165, 1.54) is 4.31 Å². The van der Waals surface area contributed by atoms with E-state index in [-0.39, 0.29) is 12.2 Å². The van der Waals surface area contributed by atoms with E-state index in [2.05, 4.69) is 4.72 Å². The molecular weight excluding hydrogens is 266 g/mol. The highest BCUT2D eigenvalue weighted by Crippen LogP contribution is 2.19. The van der Waals surface area contributed by atoms with E-state index < -0.39 is 15.7 Å². The van der Waals surface area contributed by atoms with E-state index in [0.29, 0.717) is 32.5 Å². The molecule has 0 spiro atoms. The lowest BCUT2D eigenvalue weighted by Crippen LogP contribution is -2.59. The van der Waals surface area contributed by atoms with Gasteiger partial charge in [-0.2, -0.15) is 17.4 Å². The minimum atomic E-state index is -3.52. The summed E-state index contributed by atoms with van der Waals surface area (Å²) in [5.74, 6) is 0. The average molecular weight is 293 g/mol. The zero-order valence-corrected chi connectivity index (χ0v) is 13.2. The molecule has 1 saturated heterocycles. The second-order valence-corrected chi connectivity index (χ2v) is 7.04. The molecule has 0 saturated carbocycles. The van der Waals surface area contributed by atoms with Crippen molar-refractivity contribution in [3.63, 3.8) is 0 Å². The summed E-state index contributed by atoms with van der Waals surface area (Å²) in [5.41, 5.74) is 5.20. The number of hydrogen-bond acceptors (Lipinski definition) is 4. The van der Waals surface area contributed by atoms with Crippen molar-refractivity contribution in [2.45, 2.75) is 58.3 Å². The number of nitrogens with two attached hydrogens (primary N) is 1. The first-order valence-corrected chi connectivity index (χ1v) is 8.37. The topological polar surface area (TPSA) is 84.7 Å². The van der Waals surface area contributed by atoms with Gasteiger partial charge in [-0.15, -0.1) is 0 Å². The third-order valence-corrected chi connectivity index (χ3v) is 5.48. The Labute approximate surface area is 116 Å². The number of nitrogens with one attached hydrogen (secondary N) is 1. The van der Waals surface area contributed by atoms with Gasteiger partial charge in [-0.05, 0) is 26.7 Å². The molecule has 7 heteroatoms. The fourth-order valence-corrected chi connectivity index (χ4v) is 4.25. The molecule has 2 unspecified atom stereocenters. The largest absolute Gasteiger partial charge is 0.373 e. The van der Waals surface area contributed by atoms with Gasteiger partial charge in [-0.25, -0.2) is 0 Å². The molecule has 1 heterocycles. The number of ether oxygens (including phenoxy) is 1. The van der Waals surface area contributed by atoms with Gasteiger partial charge in [-0.3, -0.25) is 0 Å². The highest BCUT2D eigenvalue weighted by Gasteiger charge is 2.36. The SMILES string of the molecule is CCC(CC)(CN)NS(=O)(=O)N1CC(C)OC(C)C1. The Kier molecular flexibility index (Phi) is 5.76. The molecule has 1 aliphatic heterocycles. The van der Waals surface area contributed by atoms with Crippen molar-refractivity contribution in [3.05, 3.63) is 0 Å². The van der Waals surface area contributed by atoms with Crippen molar-refractivity contribution in [3.8, 4) is 0 Å². The van der Waals surface area contributed by atoms with Crippen molar-refractivity contribution in [1.82, 2.24) is 9.03 Å². The summed E-state index contributed by atoms with van der Waals surface area (Å²) in [6, 6.07) is 0. The Morgan fingerprint density at radius 3 is 2.11 bits per heavy atom. The Balaban J connectivity index is 2.85. The fourth-order valence-electron chi connectivity index (χ4n) is 2.39. The molecule has 0 bridgehead atoms. The van der Waals surface area contributed by atoms with E-state index >= 15 is 0 Å². The van der Waals surface area contributed by atoms with Gasteiger partial charge in [-0.1, -0.05) is 13.8 Å². The van der Waals surface area contributed by atoms with Gasteiger partial charge < -0.3 is 10.5 Å². The monoisotopic (exact) mass is 293 g/mol. The molecule has 0 amide bonds. The second kappa shape index (κ2) is 6.49. The summed E-state index contributed by atoms with van der Waals surface area (Å²) in [5, 5.41) is 0. The first-order chi connectivity index (χ1) is 8.78. The van der Waals surface area contributed by atoms with Gasteiger partial charge in [0.25, 0.3) is 10.2 Å². The third-order valence-electron chi connectivity index (χ3n) is 3.82. The number of nitrogens with zero attached hydrogens (tertiary/aromatic N) is 1. The molecule has 0 aromatic rings. The van der Waals surface area contributed by atoms with Crippen LogP contribution in [0, 0.1) is 0 Å². The zero-order chi connectivity index (χ0) is 14.7.